The van der Waals surface area contributed by atoms with Gasteiger partial charge in [0, 0.05) is 4.90 Å². The molecule has 0 saturated carbocycles. The molecule has 4 rings (SSSR count). The van der Waals surface area contributed by atoms with Crippen molar-refractivity contribution in [3.8, 4) is 5.75 Å². The molecule has 0 saturated heterocycles. The van der Waals surface area contributed by atoms with Crippen LogP contribution in [0.3, 0.4) is 0 Å². The molecule has 1 unspecified atom stereocenters. The van der Waals surface area contributed by atoms with Crippen molar-refractivity contribution in [2.75, 3.05) is 12.0 Å². The SMILES string of the molecule is COc1ccc(C2N=C(N)N=C3Sc4ccccc4N32)cc1. The number of aliphatic imine (C=N–C) groups is 2. The van der Waals surface area contributed by atoms with Crippen molar-refractivity contribution in [3.63, 3.8) is 0 Å². The molecule has 0 aromatic heterocycles. The van der Waals surface area contributed by atoms with Crippen molar-refractivity contribution in [1.29, 1.82) is 0 Å². The number of amidine groups is 1. The van der Waals surface area contributed by atoms with Gasteiger partial charge in [0.1, 0.15) is 5.75 Å². The van der Waals surface area contributed by atoms with Crippen LogP contribution in [0.4, 0.5) is 5.69 Å². The number of fused-ring (bicyclic) bond motifs is 3. The summed E-state index contributed by atoms with van der Waals surface area (Å²) in [5, 5.41) is 0.870. The Hall–Kier alpha value is -2.47. The molecule has 6 heteroatoms. The summed E-state index contributed by atoms with van der Waals surface area (Å²) in [7, 11) is 1.66. The predicted molar refractivity (Wildman–Crippen MR) is 89.6 cm³/mol. The molecule has 0 amide bonds. The van der Waals surface area contributed by atoms with Crippen LogP contribution in [0.2, 0.25) is 0 Å². The van der Waals surface area contributed by atoms with Crippen molar-refractivity contribution in [1.82, 2.24) is 0 Å². The van der Waals surface area contributed by atoms with E-state index < -0.39 is 0 Å². The van der Waals surface area contributed by atoms with E-state index in [0.29, 0.717) is 5.96 Å². The number of anilines is 1. The summed E-state index contributed by atoms with van der Waals surface area (Å²) in [6, 6.07) is 16.1. The summed E-state index contributed by atoms with van der Waals surface area (Å²) in [5.41, 5.74) is 8.07. The molecule has 110 valence electrons. The van der Waals surface area contributed by atoms with Gasteiger partial charge in [-0.1, -0.05) is 24.3 Å². The van der Waals surface area contributed by atoms with E-state index >= 15 is 0 Å². The van der Waals surface area contributed by atoms with E-state index in [9.17, 15) is 0 Å². The fourth-order valence-electron chi connectivity index (χ4n) is 2.62. The molecule has 2 N–H and O–H groups in total. The Kier molecular flexibility index (Phi) is 3.04. The van der Waals surface area contributed by atoms with Gasteiger partial charge in [0.2, 0.25) is 5.96 Å². The van der Waals surface area contributed by atoms with Gasteiger partial charge in [-0.2, -0.15) is 4.99 Å². The quantitative estimate of drug-likeness (QED) is 0.926. The molecule has 2 aliphatic heterocycles. The average molecular weight is 310 g/mol. The molecular formula is C16H14N4OS. The van der Waals surface area contributed by atoms with Crippen molar-refractivity contribution < 1.29 is 4.74 Å². The third-order valence-electron chi connectivity index (χ3n) is 3.66. The Labute approximate surface area is 132 Å². The number of nitrogens with two attached hydrogens (primary N) is 1. The highest BCUT2D eigenvalue weighted by molar-refractivity contribution is 8.14. The molecule has 0 aliphatic carbocycles. The van der Waals surface area contributed by atoms with Gasteiger partial charge < -0.3 is 10.5 Å². The summed E-state index contributed by atoms with van der Waals surface area (Å²) in [4.78, 5) is 12.2. The first-order valence-corrected chi connectivity index (χ1v) is 7.70. The van der Waals surface area contributed by atoms with Crippen LogP contribution in [-0.4, -0.2) is 18.2 Å². The second-order valence-electron chi connectivity index (χ2n) is 4.97. The predicted octanol–water partition coefficient (Wildman–Crippen LogP) is 2.99. The van der Waals surface area contributed by atoms with Crippen LogP contribution in [0, 0.1) is 0 Å². The van der Waals surface area contributed by atoms with Gasteiger partial charge in [-0.3, -0.25) is 4.90 Å². The van der Waals surface area contributed by atoms with Crippen molar-refractivity contribution in [2.24, 2.45) is 15.7 Å². The van der Waals surface area contributed by atoms with E-state index in [4.69, 9.17) is 10.5 Å². The van der Waals surface area contributed by atoms with Crippen LogP contribution >= 0.6 is 11.8 Å². The van der Waals surface area contributed by atoms with Crippen molar-refractivity contribution >= 4 is 28.6 Å². The molecule has 5 nitrogen and oxygen atoms in total. The molecule has 0 fully saturated rings. The molecule has 0 radical (unpaired) electrons. The highest BCUT2D eigenvalue weighted by Crippen LogP contribution is 2.46. The first-order chi connectivity index (χ1) is 10.8. The van der Waals surface area contributed by atoms with E-state index in [-0.39, 0.29) is 6.17 Å². The molecular weight excluding hydrogens is 296 g/mol. The largest absolute Gasteiger partial charge is 0.497 e. The zero-order chi connectivity index (χ0) is 15.1. The Morgan fingerprint density at radius 3 is 2.68 bits per heavy atom. The zero-order valence-corrected chi connectivity index (χ0v) is 12.7. The molecule has 2 heterocycles. The minimum Gasteiger partial charge on any atom is -0.497 e. The highest BCUT2D eigenvalue weighted by Gasteiger charge is 2.35. The van der Waals surface area contributed by atoms with Gasteiger partial charge in [0.05, 0.1) is 12.8 Å². The maximum absolute atomic E-state index is 5.91. The molecule has 2 aromatic rings. The lowest BCUT2D eigenvalue weighted by atomic mass is 10.1. The fourth-order valence-corrected chi connectivity index (χ4v) is 3.67. The second kappa shape index (κ2) is 5.06. The summed E-state index contributed by atoms with van der Waals surface area (Å²) >= 11 is 1.62. The molecule has 0 spiro atoms. The highest BCUT2D eigenvalue weighted by atomic mass is 32.2. The van der Waals surface area contributed by atoms with Crippen LogP contribution in [-0.2, 0) is 0 Å². The minimum absolute atomic E-state index is 0.199. The first kappa shape index (κ1) is 13.2. The van der Waals surface area contributed by atoms with E-state index in [1.807, 2.05) is 36.4 Å². The fraction of sp³-hybridized carbons (Fsp3) is 0.125. The normalized spacial score (nSPS) is 19.1. The number of hydrogen-bond donors (Lipinski definition) is 1. The monoisotopic (exact) mass is 310 g/mol. The van der Waals surface area contributed by atoms with Crippen LogP contribution in [0.25, 0.3) is 0 Å². The van der Waals surface area contributed by atoms with E-state index in [1.54, 1.807) is 18.9 Å². The smallest absolute Gasteiger partial charge is 0.220 e. The van der Waals surface area contributed by atoms with Crippen molar-refractivity contribution in [2.45, 2.75) is 11.1 Å². The molecule has 0 bridgehead atoms. The number of thioether (sulfide) groups is 1. The minimum atomic E-state index is -0.199. The number of hydrogen-bond acceptors (Lipinski definition) is 6. The third-order valence-corrected chi connectivity index (χ3v) is 4.69. The van der Waals surface area contributed by atoms with Gasteiger partial charge in [0.25, 0.3) is 0 Å². The maximum atomic E-state index is 5.91. The summed E-state index contributed by atoms with van der Waals surface area (Å²) in [5.74, 6) is 1.13. The summed E-state index contributed by atoms with van der Waals surface area (Å²) in [6.07, 6.45) is -0.199. The molecule has 1 atom stereocenters. The third kappa shape index (κ3) is 2.03. The Bertz CT molecular complexity index is 785. The van der Waals surface area contributed by atoms with Gasteiger partial charge >= 0.3 is 0 Å². The second-order valence-corrected chi connectivity index (χ2v) is 5.98. The standard InChI is InChI=1S/C16H14N4OS/c1-21-11-8-6-10(7-9-11)14-18-15(17)19-16-20(14)12-4-2-3-5-13(12)22-16/h2-9,14H,1H3,(H2,17,18). The van der Waals surface area contributed by atoms with E-state index in [1.165, 1.54) is 4.90 Å². The summed E-state index contributed by atoms with van der Waals surface area (Å²) < 4.78 is 5.22. The molecule has 2 aliphatic rings. The number of para-hydroxylation sites is 1. The Balaban J connectivity index is 1.79. The molecule has 22 heavy (non-hydrogen) atoms. The topological polar surface area (TPSA) is 63.2 Å². The molecule has 2 aromatic carbocycles. The first-order valence-electron chi connectivity index (χ1n) is 6.88. The van der Waals surface area contributed by atoms with Gasteiger partial charge in [-0.15, -0.1) is 0 Å². The van der Waals surface area contributed by atoms with E-state index in [2.05, 4.69) is 27.0 Å². The maximum Gasteiger partial charge on any atom is 0.220 e. The van der Waals surface area contributed by atoms with Crippen LogP contribution in [0.15, 0.2) is 63.4 Å². The van der Waals surface area contributed by atoms with Gasteiger partial charge in [-0.05, 0) is 41.6 Å². The lowest BCUT2D eigenvalue weighted by Crippen LogP contribution is -2.35. The number of methoxy groups -OCH3 is 1. The van der Waals surface area contributed by atoms with Crippen LogP contribution in [0.5, 0.6) is 5.75 Å². The Morgan fingerprint density at radius 2 is 1.91 bits per heavy atom. The lowest BCUT2D eigenvalue weighted by molar-refractivity contribution is 0.414. The van der Waals surface area contributed by atoms with Crippen molar-refractivity contribution in [3.05, 3.63) is 54.1 Å². The average Bonchev–Trinajstić information content (AvgIpc) is 2.92. The van der Waals surface area contributed by atoms with E-state index in [0.717, 1.165) is 22.2 Å². The van der Waals surface area contributed by atoms with Gasteiger partial charge in [-0.25, -0.2) is 4.99 Å². The van der Waals surface area contributed by atoms with Gasteiger partial charge in [0.15, 0.2) is 11.3 Å². The lowest BCUT2D eigenvalue weighted by Gasteiger charge is -2.29. The van der Waals surface area contributed by atoms with Crippen LogP contribution < -0.4 is 15.4 Å². The number of benzene rings is 2. The number of guanidine groups is 1. The summed E-state index contributed by atoms with van der Waals surface area (Å²) in [6.45, 7) is 0. The Morgan fingerprint density at radius 1 is 1.14 bits per heavy atom. The number of ether oxygens (including phenoxy) is 1. The number of nitrogens with zero attached hydrogens (tertiary/aromatic N) is 3. The zero-order valence-electron chi connectivity index (χ0n) is 11.9. The van der Waals surface area contributed by atoms with Crippen LogP contribution in [0.1, 0.15) is 11.7 Å². The number of rotatable bonds is 2.